The number of morpholine rings is 1. The van der Waals surface area contributed by atoms with Crippen molar-refractivity contribution in [3.05, 3.63) is 96.1 Å². The van der Waals surface area contributed by atoms with E-state index in [9.17, 15) is 9.59 Å². The quantitative estimate of drug-likeness (QED) is 0.595. The van der Waals surface area contributed by atoms with Gasteiger partial charge in [0.1, 0.15) is 0 Å². The van der Waals surface area contributed by atoms with Crippen LogP contribution in [0.1, 0.15) is 28.4 Å². The molecule has 2 N–H and O–H groups in total. The Kier molecular flexibility index (Phi) is 7.15. The number of benzene rings is 3. The largest absolute Gasteiger partial charge is 0.378 e. The second-order valence-corrected chi connectivity index (χ2v) is 7.67. The molecule has 32 heavy (non-hydrogen) atoms. The predicted molar refractivity (Wildman–Crippen MR) is 126 cm³/mol. The minimum Gasteiger partial charge on any atom is -0.378 e. The Morgan fingerprint density at radius 3 is 2.19 bits per heavy atom. The van der Waals surface area contributed by atoms with E-state index in [4.69, 9.17) is 4.74 Å². The summed E-state index contributed by atoms with van der Waals surface area (Å²) in [6.07, 6.45) is 0.125. The van der Waals surface area contributed by atoms with Crippen LogP contribution in [0.5, 0.6) is 0 Å². The Hall–Kier alpha value is -3.64. The first-order chi connectivity index (χ1) is 15.7. The van der Waals surface area contributed by atoms with Gasteiger partial charge in [-0.25, -0.2) is 0 Å². The van der Waals surface area contributed by atoms with E-state index in [1.165, 1.54) is 0 Å². The van der Waals surface area contributed by atoms with Gasteiger partial charge in [0.2, 0.25) is 5.91 Å². The van der Waals surface area contributed by atoms with Crippen LogP contribution in [0, 0.1) is 0 Å². The number of hydrogen-bond acceptors (Lipinski definition) is 4. The van der Waals surface area contributed by atoms with Gasteiger partial charge in [-0.05, 0) is 29.8 Å². The van der Waals surface area contributed by atoms with Gasteiger partial charge in [0.25, 0.3) is 5.91 Å². The van der Waals surface area contributed by atoms with Gasteiger partial charge in [-0.1, -0.05) is 60.7 Å². The molecule has 3 aromatic carbocycles. The summed E-state index contributed by atoms with van der Waals surface area (Å²) >= 11 is 0. The van der Waals surface area contributed by atoms with Crippen molar-refractivity contribution < 1.29 is 14.3 Å². The standard InChI is InChI=1S/C26H27N3O3/c30-25(27-22-13-7-8-14-24(22)29-15-17-32-18-16-29)19-23(20-9-3-1-4-10-20)28-26(31)21-11-5-2-6-12-21/h1-14,23H,15-19H2,(H,27,30)(H,28,31). The molecular formula is C26H27N3O3. The summed E-state index contributed by atoms with van der Waals surface area (Å²) in [5.74, 6) is -0.367. The Labute approximate surface area is 188 Å². The lowest BCUT2D eigenvalue weighted by molar-refractivity contribution is -0.116. The van der Waals surface area contributed by atoms with Crippen molar-refractivity contribution in [3.8, 4) is 0 Å². The second kappa shape index (κ2) is 10.6. The molecule has 0 aromatic heterocycles. The number of ether oxygens (including phenoxy) is 1. The van der Waals surface area contributed by atoms with Crippen molar-refractivity contribution in [2.45, 2.75) is 12.5 Å². The van der Waals surface area contributed by atoms with Crippen LogP contribution in [0.4, 0.5) is 11.4 Å². The van der Waals surface area contributed by atoms with Gasteiger partial charge in [-0.3, -0.25) is 9.59 Å². The molecule has 0 radical (unpaired) electrons. The van der Waals surface area contributed by atoms with E-state index in [1.54, 1.807) is 12.1 Å². The van der Waals surface area contributed by atoms with Crippen LogP contribution in [0.15, 0.2) is 84.9 Å². The van der Waals surface area contributed by atoms with Crippen molar-refractivity contribution >= 4 is 23.2 Å². The average Bonchev–Trinajstić information content (AvgIpc) is 2.85. The maximum atomic E-state index is 13.0. The highest BCUT2D eigenvalue weighted by Gasteiger charge is 2.21. The fraction of sp³-hybridized carbons (Fsp3) is 0.231. The number of nitrogens with one attached hydrogen (secondary N) is 2. The molecule has 164 valence electrons. The summed E-state index contributed by atoms with van der Waals surface area (Å²) in [4.78, 5) is 28.0. The summed E-state index contributed by atoms with van der Waals surface area (Å²) in [6.45, 7) is 2.91. The number of amides is 2. The Balaban J connectivity index is 1.49. The van der Waals surface area contributed by atoms with Crippen molar-refractivity contribution in [2.24, 2.45) is 0 Å². The molecular weight excluding hydrogens is 402 g/mol. The fourth-order valence-corrected chi connectivity index (χ4v) is 3.81. The summed E-state index contributed by atoms with van der Waals surface area (Å²) in [7, 11) is 0. The third kappa shape index (κ3) is 5.53. The lowest BCUT2D eigenvalue weighted by atomic mass is 10.0. The number of anilines is 2. The van der Waals surface area contributed by atoms with Gasteiger partial charge in [0.05, 0.1) is 37.1 Å². The summed E-state index contributed by atoms with van der Waals surface area (Å²) in [6, 6.07) is 25.9. The van der Waals surface area contributed by atoms with Crippen LogP contribution in [0.25, 0.3) is 0 Å². The number of hydrogen-bond donors (Lipinski definition) is 2. The number of rotatable bonds is 7. The first kappa shape index (κ1) is 21.6. The van der Waals surface area contributed by atoms with E-state index >= 15 is 0 Å². The van der Waals surface area contributed by atoms with E-state index in [0.717, 1.165) is 30.0 Å². The number of para-hydroxylation sites is 2. The Bertz CT molecular complexity index is 1030. The maximum Gasteiger partial charge on any atom is 0.251 e. The monoisotopic (exact) mass is 429 g/mol. The molecule has 0 spiro atoms. The van der Waals surface area contributed by atoms with E-state index in [0.29, 0.717) is 18.8 Å². The molecule has 6 nitrogen and oxygen atoms in total. The highest BCUT2D eigenvalue weighted by molar-refractivity contribution is 5.97. The van der Waals surface area contributed by atoms with Gasteiger partial charge in [0.15, 0.2) is 0 Å². The molecule has 0 aliphatic carbocycles. The summed E-state index contributed by atoms with van der Waals surface area (Å²) < 4.78 is 5.45. The highest BCUT2D eigenvalue weighted by atomic mass is 16.5. The molecule has 0 saturated carbocycles. The zero-order chi connectivity index (χ0) is 22.2. The molecule has 6 heteroatoms. The number of nitrogens with zero attached hydrogens (tertiary/aromatic N) is 1. The number of carbonyl (C=O) groups excluding carboxylic acids is 2. The Morgan fingerprint density at radius 1 is 0.844 bits per heavy atom. The third-order valence-electron chi connectivity index (χ3n) is 5.46. The zero-order valence-electron chi connectivity index (χ0n) is 17.9. The molecule has 1 saturated heterocycles. The van der Waals surface area contributed by atoms with Gasteiger partial charge < -0.3 is 20.3 Å². The SMILES string of the molecule is O=C(CC(NC(=O)c1ccccc1)c1ccccc1)Nc1ccccc1N1CCOCC1. The minimum absolute atomic E-state index is 0.125. The van der Waals surface area contributed by atoms with Gasteiger partial charge in [0, 0.05) is 18.7 Å². The first-order valence-corrected chi connectivity index (χ1v) is 10.8. The van der Waals surface area contributed by atoms with Gasteiger partial charge in [-0.15, -0.1) is 0 Å². The predicted octanol–water partition coefficient (Wildman–Crippen LogP) is 4.02. The van der Waals surface area contributed by atoms with Crippen LogP contribution in [-0.4, -0.2) is 38.1 Å². The first-order valence-electron chi connectivity index (χ1n) is 10.8. The van der Waals surface area contributed by atoms with E-state index < -0.39 is 6.04 Å². The molecule has 1 aliphatic heterocycles. The Morgan fingerprint density at radius 2 is 1.47 bits per heavy atom. The topological polar surface area (TPSA) is 70.7 Å². The number of carbonyl (C=O) groups is 2. The average molecular weight is 430 g/mol. The van der Waals surface area contributed by atoms with Gasteiger partial charge >= 0.3 is 0 Å². The van der Waals surface area contributed by atoms with E-state index in [1.807, 2.05) is 72.8 Å². The molecule has 1 atom stereocenters. The highest BCUT2D eigenvalue weighted by Crippen LogP contribution is 2.27. The molecule has 3 aromatic rings. The zero-order valence-corrected chi connectivity index (χ0v) is 17.9. The van der Waals surface area contributed by atoms with E-state index in [2.05, 4.69) is 15.5 Å². The smallest absolute Gasteiger partial charge is 0.251 e. The maximum absolute atomic E-state index is 13.0. The fourth-order valence-electron chi connectivity index (χ4n) is 3.81. The van der Waals surface area contributed by atoms with Crippen LogP contribution >= 0.6 is 0 Å². The van der Waals surface area contributed by atoms with Crippen molar-refractivity contribution in [3.63, 3.8) is 0 Å². The minimum atomic E-state index is -0.445. The van der Waals surface area contributed by atoms with E-state index in [-0.39, 0.29) is 18.2 Å². The molecule has 4 rings (SSSR count). The lowest BCUT2D eigenvalue weighted by Crippen LogP contribution is -2.37. The summed E-state index contributed by atoms with van der Waals surface area (Å²) in [5.41, 5.74) is 3.19. The molecule has 0 bridgehead atoms. The molecule has 1 unspecified atom stereocenters. The van der Waals surface area contributed by atoms with Gasteiger partial charge in [-0.2, -0.15) is 0 Å². The third-order valence-corrected chi connectivity index (χ3v) is 5.46. The molecule has 2 amide bonds. The second-order valence-electron chi connectivity index (χ2n) is 7.67. The lowest BCUT2D eigenvalue weighted by Gasteiger charge is -2.30. The van der Waals surface area contributed by atoms with Crippen molar-refractivity contribution in [1.82, 2.24) is 5.32 Å². The molecule has 1 fully saturated rings. The van der Waals surface area contributed by atoms with Crippen LogP contribution in [-0.2, 0) is 9.53 Å². The van der Waals surface area contributed by atoms with Crippen LogP contribution in [0.3, 0.4) is 0 Å². The normalized spacial score (nSPS) is 14.4. The molecule has 1 aliphatic rings. The van der Waals surface area contributed by atoms with Crippen molar-refractivity contribution in [1.29, 1.82) is 0 Å². The van der Waals surface area contributed by atoms with Crippen molar-refractivity contribution in [2.75, 3.05) is 36.5 Å². The summed E-state index contributed by atoms with van der Waals surface area (Å²) in [5, 5.41) is 6.07. The van der Waals surface area contributed by atoms with Crippen LogP contribution in [0.2, 0.25) is 0 Å². The van der Waals surface area contributed by atoms with Crippen LogP contribution < -0.4 is 15.5 Å². The molecule has 1 heterocycles.